The Morgan fingerprint density at radius 3 is 2.27 bits per heavy atom. The van der Waals surface area contributed by atoms with Crippen molar-refractivity contribution in [3.63, 3.8) is 0 Å². The lowest BCUT2D eigenvalue weighted by Gasteiger charge is -2.23. The normalized spacial score (nSPS) is 12.8. The molecule has 7 heteroatoms. The molecule has 0 radical (unpaired) electrons. The summed E-state index contributed by atoms with van der Waals surface area (Å²) < 4.78 is 9.87. The number of alkyl carbamates (subject to hydrolysis) is 1. The first-order valence-electron chi connectivity index (χ1n) is 8.74. The van der Waals surface area contributed by atoms with E-state index in [1.165, 1.54) is 7.11 Å². The first-order chi connectivity index (χ1) is 12.4. The predicted octanol–water partition coefficient (Wildman–Crippen LogP) is 2.40. The van der Waals surface area contributed by atoms with Crippen LogP contribution in [0.2, 0.25) is 0 Å². The third kappa shape index (κ3) is 7.13. The van der Waals surface area contributed by atoms with Crippen molar-refractivity contribution in [3.05, 3.63) is 35.9 Å². The second kappa shape index (κ2) is 11.1. The van der Waals surface area contributed by atoms with E-state index in [0.29, 0.717) is 12.8 Å². The van der Waals surface area contributed by atoms with Crippen LogP contribution in [0, 0.1) is 5.92 Å². The Balaban J connectivity index is 2.63. The summed E-state index contributed by atoms with van der Waals surface area (Å²) in [4.78, 5) is 36.3. The molecule has 0 spiro atoms. The lowest BCUT2D eigenvalue weighted by molar-refractivity contribution is -0.146. The highest BCUT2D eigenvalue weighted by Gasteiger charge is 2.29. The van der Waals surface area contributed by atoms with Gasteiger partial charge in [0.15, 0.2) is 0 Å². The van der Waals surface area contributed by atoms with Crippen LogP contribution in [0.1, 0.15) is 39.2 Å². The van der Waals surface area contributed by atoms with E-state index in [9.17, 15) is 14.4 Å². The van der Waals surface area contributed by atoms with E-state index in [1.54, 1.807) is 13.8 Å². The summed E-state index contributed by atoms with van der Waals surface area (Å²) in [6.45, 7) is 5.62. The third-order valence-corrected chi connectivity index (χ3v) is 3.82. The number of carbonyl (C=O) groups is 3. The Labute approximate surface area is 154 Å². The van der Waals surface area contributed by atoms with E-state index in [-0.39, 0.29) is 12.5 Å². The molecule has 0 aliphatic rings. The Morgan fingerprint density at radius 2 is 1.73 bits per heavy atom. The van der Waals surface area contributed by atoms with Crippen LogP contribution < -0.4 is 10.6 Å². The van der Waals surface area contributed by atoms with Gasteiger partial charge in [-0.2, -0.15) is 0 Å². The van der Waals surface area contributed by atoms with Gasteiger partial charge in [0.05, 0.1) is 7.11 Å². The quantitative estimate of drug-likeness (QED) is 0.656. The lowest BCUT2D eigenvalue weighted by atomic mass is 10.0. The van der Waals surface area contributed by atoms with Crippen LogP contribution in [-0.2, 0) is 25.7 Å². The molecule has 1 rings (SSSR count). The van der Waals surface area contributed by atoms with Gasteiger partial charge in [0.1, 0.15) is 18.7 Å². The summed E-state index contributed by atoms with van der Waals surface area (Å²) >= 11 is 0. The number of rotatable bonds is 9. The molecule has 0 bridgehead atoms. The van der Waals surface area contributed by atoms with E-state index in [0.717, 1.165) is 5.56 Å². The smallest absolute Gasteiger partial charge is 0.408 e. The van der Waals surface area contributed by atoms with Crippen molar-refractivity contribution in [1.29, 1.82) is 0 Å². The molecule has 0 heterocycles. The van der Waals surface area contributed by atoms with Crippen molar-refractivity contribution in [3.8, 4) is 0 Å². The fraction of sp³-hybridized carbons (Fsp3) is 0.526. The standard InChI is InChI=1S/C19H28N2O5/c1-5-9-15(17(22)21-16(13(2)3)18(23)25-4)20-19(24)26-12-14-10-7-6-8-11-14/h6-8,10-11,13,15-16H,5,9,12H2,1-4H3,(H,20,24)(H,21,22)/t15-,16+/m1/s1. The number of nitrogens with one attached hydrogen (secondary N) is 2. The Hall–Kier alpha value is -2.57. The fourth-order valence-corrected chi connectivity index (χ4v) is 2.34. The topological polar surface area (TPSA) is 93.7 Å². The van der Waals surface area contributed by atoms with Crippen molar-refractivity contribution in [2.45, 2.75) is 52.3 Å². The average Bonchev–Trinajstić information content (AvgIpc) is 2.63. The van der Waals surface area contributed by atoms with Crippen molar-refractivity contribution in [2.24, 2.45) is 5.92 Å². The van der Waals surface area contributed by atoms with Crippen LogP contribution in [0.5, 0.6) is 0 Å². The molecule has 0 aliphatic heterocycles. The van der Waals surface area contributed by atoms with Crippen LogP contribution in [0.15, 0.2) is 30.3 Å². The monoisotopic (exact) mass is 364 g/mol. The minimum atomic E-state index is -0.783. The number of methoxy groups -OCH3 is 1. The van der Waals surface area contributed by atoms with Crippen LogP contribution in [-0.4, -0.2) is 37.2 Å². The molecular formula is C19H28N2O5. The van der Waals surface area contributed by atoms with Crippen LogP contribution >= 0.6 is 0 Å². The molecule has 2 amide bonds. The predicted molar refractivity (Wildman–Crippen MR) is 97.2 cm³/mol. The number of carbonyl (C=O) groups excluding carboxylic acids is 3. The van der Waals surface area contributed by atoms with E-state index < -0.39 is 30.1 Å². The van der Waals surface area contributed by atoms with Gasteiger partial charge < -0.3 is 20.1 Å². The molecule has 0 aromatic heterocycles. The van der Waals surface area contributed by atoms with Crippen molar-refractivity contribution >= 4 is 18.0 Å². The minimum Gasteiger partial charge on any atom is -0.467 e. The second-order valence-corrected chi connectivity index (χ2v) is 6.30. The van der Waals surface area contributed by atoms with Gasteiger partial charge in [0.2, 0.25) is 5.91 Å². The van der Waals surface area contributed by atoms with Crippen molar-refractivity contribution < 1.29 is 23.9 Å². The van der Waals surface area contributed by atoms with Gasteiger partial charge in [-0.25, -0.2) is 9.59 Å². The largest absolute Gasteiger partial charge is 0.467 e. The highest BCUT2D eigenvalue weighted by molar-refractivity contribution is 5.89. The van der Waals surface area contributed by atoms with Gasteiger partial charge in [-0.3, -0.25) is 4.79 Å². The molecule has 7 nitrogen and oxygen atoms in total. The Morgan fingerprint density at radius 1 is 1.08 bits per heavy atom. The van der Waals surface area contributed by atoms with E-state index >= 15 is 0 Å². The number of hydrogen-bond acceptors (Lipinski definition) is 5. The maximum absolute atomic E-state index is 12.5. The zero-order valence-electron chi connectivity index (χ0n) is 15.8. The molecule has 2 atom stereocenters. The molecule has 26 heavy (non-hydrogen) atoms. The third-order valence-electron chi connectivity index (χ3n) is 3.82. The molecule has 0 aliphatic carbocycles. The SMILES string of the molecule is CCC[C@@H](NC(=O)OCc1ccccc1)C(=O)N[C@H](C(=O)OC)C(C)C. The summed E-state index contributed by atoms with van der Waals surface area (Å²) in [6, 6.07) is 7.70. The Bertz CT molecular complexity index is 589. The van der Waals surface area contributed by atoms with Crippen LogP contribution in [0.3, 0.4) is 0 Å². The number of hydrogen-bond donors (Lipinski definition) is 2. The molecular weight excluding hydrogens is 336 g/mol. The Kier molecular flexibility index (Phi) is 9.19. The van der Waals surface area contributed by atoms with Crippen molar-refractivity contribution in [2.75, 3.05) is 7.11 Å². The summed E-state index contributed by atoms with van der Waals surface area (Å²) in [6.07, 6.45) is 0.432. The number of ether oxygens (including phenoxy) is 2. The van der Waals surface area contributed by atoms with Gasteiger partial charge in [-0.05, 0) is 17.9 Å². The number of amides is 2. The number of esters is 1. The van der Waals surface area contributed by atoms with E-state index in [4.69, 9.17) is 9.47 Å². The molecule has 0 saturated heterocycles. The lowest BCUT2D eigenvalue weighted by Crippen LogP contribution is -2.53. The fourth-order valence-electron chi connectivity index (χ4n) is 2.34. The van der Waals surface area contributed by atoms with E-state index in [2.05, 4.69) is 10.6 Å². The molecule has 1 aromatic rings. The minimum absolute atomic E-state index is 0.115. The zero-order chi connectivity index (χ0) is 19.5. The number of benzene rings is 1. The van der Waals surface area contributed by atoms with Gasteiger partial charge in [0, 0.05) is 0 Å². The molecule has 0 unspecified atom stereocenters. The molecule has 0 fully saturated rings. The summed E-state index contributed by atoms with van der Waals surface area (Å²) in [5, 5.41) is 5.21. The van der Waals surface area contributed by atoms with Crippen molar-refractivity contribution in [1.82, 2.24) is 10.6 Å². The van der Waals surface area contributed by atoms with Crippen LogP contribution in [0.25, 0.3) is 0 Å². The first-order valence-corrected chi connectivity index (χ1v) is 8.74. The van der Waals surface area contributed by atoms with E-state index in [1.807, 2.05) is 37.3 Å². The molecule has 0 saturated carbocycles. The van der Waals surface area contributed by atoms with Crippen LogP contribution in [0.4, 0.5) is 4.79 Å². The maximum atomic E-state index is 12.5. The summed E-state index contributed by atoms with van der Waals surface area (Å²) in [5.74, 6) is -1.10. The zero-order valence-corrected chi connectivity index (χ0v) is 15.8. The summed E-state index contributed by atoms with van der Waals surface area (Å²) in [7, 11) is 1.27. The highest BCUT2D eigenvalue weighted by atomic mass is 16.5. The maximum Gasteiger partial charge on any atom is 0.408 e. The first kappa shape index (κ1) is 21.5. The molecule has 144 valence electrons. The van der Waals surface area contributed by atoms with Gasteiger partial charge in [0.25, 0.3) is 0 Å². The highest BCUT2D eigenvalue weighted by Crippen LogP contribution is 2.07. The van der Waals surface area contributed by atoms with Gasteiger partial charge in [-0.15, -0.1) is 0 Å². The van der Waals surface area contributed by atoms with Gasteiger partial charge >= 0.3 is 12.1 Å². The molecule has 2 N–H and O–H groups in total. The summed E-state index contributed by atoms with van der Waals surface area (Å²) in [5.41, 5.74) is 0.852. The average molecular weight is 364 g/mol. The van der Waals surface area contributed by atoms with Gasteiger partial charge in [-0.1, -0.05) is 57.5 Å². The second-order valence-electron chi connectivity index (χ2n) is 6.30. The molecule has 1 aromatic carbocycles.